The SMILES string of the molecule is O=C(/C=C/c1cccc(F)c1)Nc1ccc2c(c1)OCC(=O)N2. The lowest BCUT2D eigenvalue weighted by Gasteiger charge is -2.18. The third-order valence-corrected chi connectivity index (χ3v) is 3.16. The summed E-state index contributed by atoms with van der Waals surface area (Å²) in [5, 5.41) is 5.34. The van der Waals surface area contributed by atoms with Crippen LogP contribution in [0.2, 0.25) is 0 Å². The summed E-state index contributed by atoms with van der Waals surface area (Å²) in [6.45, 7) is -0.0517. The minimum atomic E-state index is -0.360. The Morgan fingerprint density at radius 2 is 2.13 bits per heavy atom. The number of ether oxygens (including phenoxy) is 1. The third-order valence-electron chi connectivity index (χ3n) is 3.16. The number of halogens is 1. The number of nitrogens with one attached hydrogen (secondary N) is 2. The molecule has 0 bridgehead atoms. The first-order chi connectivity index (χ1) is 11.1. The Kier molecular flexibility index (Phi) is 4.05. The second kappa shape index (κ2) is 6.31. The Bertz CT molecular complexity index is 802. The number of benzene rings is 2. The van der Waals surface area contributed by atoms with Gasteiger partial charge in [0.25, 0.3) is 5.91 Å². The van der Waals surface area contributed by atoms with E-state index in [1.165, 1.54) is 24.3 Å². The largest absolute Gasteiger partial charge is 0.482 e. The molecule has 0 saturated carbocycles. The fourth-order valence-electron chi connectivity index (χ4n) is 2.12. The van der Waals surface area contributed by atoms with E-state index in [0.29, 0.717) is 22.7 Å². The Balaban J connectivity index is 1.67. The Morgan fingerprint density at radius 1 is 1.26 bits per heavy atom. The zero-order valence-electron chi connectivity index (χ0n) is 12.0. The number of anilines is 2. The van der Waals surface area contributed by atoms with Gasteiger partial charge in [0.15, 0.2) is 6.61 Å². The van der Waals surface area contributed by atoms with Crippen LogP contribution < -0.4 is 15.4 Å². The van der Waals surface area contributed by atoms with Crippen LogP contribution in [0.1, 0.15) is 5.56 Å². The van der Waals surface area contributed by atoms with Crippen LogP contribution in [-0.2, 0) is 9.59 Å². The van der Waals surface area contributed by atoms with Crippen molar-refractivity contribution in [2.24, 2.45) is 0 Å². The summed E-state index contributed by atoms with van der Waals surface area (Å²) < 4.78 is 18.3. The van der Waals surface area contributed by atoms with E-state index in [4.69, 9.17) is 4.74 Å². The van der Waals surface area contributed by atoms with Crippen molar-refractivity contribution in [3.63, 3.8) is 0 Å². The van der Waals surface area contributed by atoms with Crippen molar-refractivity contribution in [1.29, 1.82) is 0 Å². The van der Waals surface area contributed by atoms with Crippen molar-refractivity contribution in [3.8, 4) is 5.75 Å². The molecule has 2 N–H and O–H groups in total. The van der Waals surface area contributed by atoms with Crippen molar-refractivity contribution in [2.75, 3.05) is 17.2 Å². The molecule has 3 rings (SSSR count). The predicted molar refractivity (Wildman–Crippen MR) is 84.6 cm³/mol. The lowest BCUT2D eigenvalue weighted by atomic mass is 10.2. The van der Waals surface area contributed by atoms with E-state index < -0.39 is 0 Å². The highest BCUT2D eigenvalue weighted by molar-refractivity contribution is 6.02. The van der Waals surface area contributed by atoms with E-state index in [0.717, 1.165) is 0 Å². The van der Waals surface area contributed by atoms with Crippen molar-refractivity contribution in [3.05, 3.63) is 59.9 Å². The van der Waals surface area contributed by atoms with Crippen LogP contribution in [0.25, 0.3) is 6.08 Å². The van der Waals surface area contributed by atoms with E-state index in [1.54, 1.807) is 30.3 Å². The lowest BCUT2D eigenvalue weighted by molar-refractivity contribution is -0.118. The molecule has 1 aliphatic heterocycles. The van der Waals surface area contributed by atoms with Gasteiger partial charge in [-0.15, -0.1) is 0 Å². The lowest BCUT2D eigenvalue weighted by Crippen LogP contribution is -2.25. The molecule has 0 aromatic heterocycles. The van der Waals surface area contributed by atoms with Crippen molar-refractivity contribution >= 4 is 29.3 Å². The second-order valence-corrected chi connectivity index (χ2v) is 4.93. The summed E-state index contributed by atoms with van der Waals surface area (Å²) >= 11 is 0. The zero-order valence-corrected chi connectivity index (χ0v) is 12.0. The van der Waals surface area contributed by atoms with Gasteiger partial charge >= 0.3 is 0 Å². The molecule has 23 heavy (non-hydrogen) atoms. The first kappa shape index (κ1) is 14.8. The van der Waals surface area contributed by atoms with Gasteiger partial charge in [-0.05, 0) is 35.9 Å². The molecule has 0 radical (unpaired) electrons. The Morgan fingerprint density at radius 3 is 2.96 bits per heavy atom. The monoisotopic (exact) mass is 312 g/mol. The van der Waals surface area contributed by atoms with Gasteiger partial charge in [-0.1, -0.05) is 12.1 Å². The fourth-order valence-corrected chi connectivity index (χ4v) is 2.12. The molecule has 5 nitrogen and oxygen atoms in total. The predicted octanol–water partition coefficient (Wildman–Crippen LogP) is 2.81. The number of carbonyl (C=O) groups excluding carboxylic acids is 2. The number of rotatable bonds is 3. The quantitative estimate of drug-likeness (QED) is 0.856. The van der Waals surface area contributed by atoms with E-state index in [2.05, 4.69) is 10.6 Å². The average molecular weight is 312 g/mol. The molecule has 0 atom stereocenters. The smallest absolute Gasteiger partial charge is 0.262 e. The van der Waals surface area contributed by atoms with Crippen LogP contribution in [0, 0.1) is 5.82 Å². The molecule has 2 aromatic rings. The summed E-state index contributed by atoms with van der Waals surface area (Å²) in [6.07, 6.45) is 2.84. The molecule has 1 aliphatic rings. The number of fused-ring (bicyclic) bond motifs is 1. The van der Waals surface area contributed by atoms with Gasteiger partial charge in [0.05, 0.1) is 5.69 Å². The van der Waals surface area contributed by atoms with Crippen LogP contribution in [0.5, 0.6) is 5.75 Å². The maximum absolute atomic E-state index is 13.0. The molecule has 2 amide bonds. The summed E-state index contributed by atoms with van der Waals surface area (Å²) in [4.78, 5) is 23.1. The van der Waals surface area contributed by atoms with Gasteiger partial charge in [-0.2, -0.15) is 0 Å². The summed E-state index contributed by atoms with van der Waals surface area (Å²) in [5.41, 5.74) is 1.69. The van der Waals surface area contributed by atoms with Crippen molar-refractivity contribution in [2.45, 2.75) is 0 Å². The Hall–Kier alpha value is -3.15. The molecule has 0 fully saturated rings. The molecule has 0 unspecified atom stereocenters. The molecule has 0 saturated heterocycles. The van der Waals surface area contributed by atoms with Gasteiger partial charge in [-0.25, -0.2) is 4.39 Å². The van der Waals surface area contributed by atoms with Crippen LogP contribution >= 0.6 is 0 Å². The van der Waals surface area contributed by atoms with Gasteiger partial charge in [0, 0.05) is 17.8 Å². The maximum atomic E-state index is 13.0. The topological polar surface area (TPSA) is 67.4 Å². The normalized spacial score (nSPS) is 13.2. The van der Waals surface area contributed by atoms with Crippen molar-refractivity contribution in [1.82, 2.24) is 0 Å². The fraction of sp³-hybridized carbons (Fsp3) is 0.0588. The summed E-state index contributed by atoms with van der Waals surface area (Å²) in [7, 11) is 0. The standard InChI is InChI=1S/C17H13FN2O3/c18-12-3-1-2-11(8-12)4-7-16(21)19-13-5-6-14-15(9-13)23-10-17(22)20-14/h1-9H,10H2,(H,19,21)(H,20,22)/b7-4+. The number of carbonyl (C=O) groups is 2. The minimum Gasteiger partial charge on any atom is -0.482 e. The Labute approximate surface area is 131 Å². The highest BCUT2D eigenvalue weighted by Crippen LogP contribution is 2.30. The molecule has 2 aromatic carbocycles. The van der Waals surface area contributed by atoms with E-state index in [9.17, 15) is 14.0 Å². The van der Waals surface area contributed by atoms with Crippen LogP contribution in [0.3, 0.4) is 0 Å². The summed E-state index contributed by atoms with van der Waals surface area (Å²) in [5.74, 6) is -0.431. The molecule has 0 spiro atoms. The van der Waals surface area contributed by atoms with Crippen LogP contribution in [0.15, 0.2) is 48.5 Å². The number of hydrogen-bond donors (Lipinski definition) is 2. The number of amides is 2. The maximum Gasteiger partial charge on any atom is 0.262 e. The molecule has 116 valence electrons. The van der Waals surface area contributed by atoms with Crippen LogP contribution in [0.4, 0.5) is 15.8 Å². The summed E-state index contributed by atoms with van der Waals surface area (Å²) in [6, 6.07) is 10.9. The zero-order chi connectivity index (χ0) is 16.2. The average Bonchev–Trinajstić information content (AvgIpc) is 2.53. The van der Waals surface area contributed by atoms with Gasteiger partial charge in [0.2, 0.25) is 5.91 Å². The van der Waals surface area contributed by atoms with Crippen LogP contribution in [-0.4, -0.2) is 18.4 Å². The third kappa shape index (κ3) is 3.74. The molecule has 0 aliphatic carbocycles. The first-order valence-corrected chi connectivity index (χ1v) is 6.91. The van der Waals surface area contributed by atoms with Gasteiger partial charge in [0.1, 0.15) is 11.6 Å². The molecular weight excluding hydrogens is 299 g/mol. The van der Waals surface area contributed by atoms with E-state index in [1.807, 2.05) is 0 Å². The number of hydrogen-bond acceptors (Lipinski definition) is 3. The van der Waals surface area contributed by atoms with E-state index >= 15 is 0 Å². The molecule has 6 heteroatoms. The minimum absolute atomic E-state index is 0.0517. The van der Waals surface area contributed by atoms with Gasteiger partial charge in [-0.3, -0.25) is 9.59 Å². The highest BCUT2D eigenvalue weighted by atomic mass is 19.1. The first-order valence-electron chi connectivity index (χ1n) is 6.91. The molecule has 1 heterocycles. The second-order valence-electron chi connectivity index (χ2n) is 4.93. The molecular formula is C17H13FN2O3. The highest BCUT2D eigenvalue weighted by Gasteiger charge is 2.16. The van der Waals surface area contributed by atoms with E-state index in [-0.39, 0.29) is 24.2 Å². The van der Waals surface area contributed by atoms with Crippen molar-refractivity contribution < 1.29 is 18.7 Å². The van der Waals surface area contributed by atoms with Gasteiger partial charge < -0.3 is 15.4 Å².